The lowest BCUT2D eigenvalue weighted by Gasteiger charge is -2.30. The van der Waals surface area contributed by atoms with Crippen LogP contribution in [0.2, 0.25) is 0 Å². The fourth-order valence-electron chi connectivity index (χ4n) is 2.94. The first-order chi connectivity index (χ1) is 11.5. The third-order valence-corrected chi connectivity index (χ3v) is 5.28. The Morgan fingerprint density at radius 2 is 2.04 bits per heavy atom. The minimum atomic E-state index is -0.765. The Balaban J connectivity index is 1.90. The van der Waals surface area contributed by atoms with Gasteiger partial charge in [0.25, 0.3) is 5.56 Å². The van der Waals surface area contributed by atoms with Gasteiger partial charge >= 0.3 is 5.97 Å². The van der Waals surface area contributed by atoms with E-state index in [1.807, 2.05) is 30.0 Å². The smallest absolute Gasteiger partial charge is 0.306 e. The molecule has 2 aromatic rings. The number of anilines is 1. The van der Waals surface area contributed by atoms with Crippen LogP contribution in [0, 0.1) is 12.8 Å². The van der Waals surface area contributed by atoms with Crippen molar-refractivity contribution >= 4 is 27.7 Å². The first kappa shape index (κ1) is 16.7. The molecule has 1 aromatic carbocycles. The number of carboxylic acid groups (broad SMARTS) is 1. The fraction of sp³-hybridized carbons (Fsp3) is 0.353. The number of hydrogen-bond donors (Lipinski definition) is 1. The molecular formula is C17H18BrN3O3. The van der Waals surface area contributed by atoms with Crippen LogP contribution in [0.25, 0.3) is 5.69 Å². The summed E-state index contributed by atoms with van der Waals surface area (Å²) in [5.74, 6) is -0.721. The van der Waals surface area contributed by atoms with E-state index >= 15 is 0 Å². The van der Waals surface area contributed by atoms with Gasteiger partial charge in [0.15, 0.2) is 5.82 Å². The molecule has 1 aromatic heterocycles. The average molecular weight is 392 g/mol. The predicted octanol–water partition coefficient (Wildman–Crippen LogP) is 2.60. The Bertz CT molecular complexity index is 826. The van der Waals surface area contributed by atoms with Crippen LogP contribution in [0.15, 0.2) is 39.9 Å². The monoisotopic (exact) mass is 391 g/mol. The van der Waals surface area contributed by atoms with Gasteiger partial charge < -0.3 is 10.0 Å². The first-order valence-corrected chi connectivity index (χ1v) is 8.58. The van der Waals surface area contributed by atoms with E-state index in [0.717, 1.165) is 15.7 Å². The molecule has 6 nitrogen and oxygen atoms in total. The summed E-state index contributed by atoms with van der Waals surface area (Å²) >= 11 is 3.46. The standard InChI is InChI=1S/C17H18BrN3O3/c1-11-10-13(2-3-14(11)18)21-9-6-19-15(16(21)22)20-7-4-12(5-8-20)17(23)24/h2-3,6,9-10,12H,4-5,7-8H2,1H3,(H,23,24). The second-order valence-electron chi connectivity index (χ2n) is 5.96. The van der Waals surface area contributed by atoms with Crippen molar-refractivity contribution in [3.05, 3.63) is 51.0 Å². The summed E-state index contributed by atoms with van der Waals surface area (Å²) in [5, 5.41) is 9.09. The normalized spacial score (nSPS) is 15.5. The summed E-state index contributed by atoms with van der Waals surface area (Å²) in [6.07, 6.45) is 4.32. The molecule has 1 aliphatic rings. The largest absolute Gasteiger partial charge is 0.481 e. The molecule has 7 heteroatoms. The lowest BCUT2D eigenvalue weighted by molar-refractivity contribution is -0.142. The van der Waals surface area contributed by atoms with Gasteiger partial charge in [0.1, 0.15) is 0 Å². The van der Waals surface area contributed by atoms with Crippen molar-refractivity contribution in [3.63, 3.8) is 0 Å². The molecule has 3 rings (SSSR count). The van der Waals surface area contributed by atoms with Gasteiger partial charge in [-0.2, -0.15) is 0 Å². The number of nitrogens with zero attached hydrogens (tertiary/aromatic N) is 3. The Morgan fingerprint density at radius 3 is 2.67 bits per heavy atom. The van der Waals surface area contributed by atoms with E-state index in [-0.39, 0.29) is 11.5 Å². The molecule has 1 aliphatic heterocycles. The van der Waals surface area contributed by atoms with Crippen LogP contribution >= 0.6 is 15.9 Å². The molecule has 24 heavy (non-hydrogen) atoms. The highest BCUT2D eigenvalue weighted by atomic mass is 79.9. The van der Waals surface area contributed by atoms with Crippen molar-refractivity contribution in [2.24, 2.45) is 5.92 Å². The number of halogens is 1. The summed E-state index contributed by atoms with van der Waals surface area (Å²) < 4.78 is 2.56. The van der Waals surface area contributed by atoms with E-state index in [4.69, 9.17) is 5.11 Å². The molecule has 0 amide bonds. The molecular weight excluding hydrogens is 374 g/mol. The molecule has 2 heterocycles. The quantitative estimate of drug-likeness (QED) is 0.869. The van der Waals surface area contributed by atoms with Crippen LogP contribution < -0.4 is 10.5 Å². The second-order valence-corrected chi connectivity index (χ2v) is 6.81. The molecule has 0 radical (unpaired) electrons. The maximum Gasteiger partial charge on any atom is 0.306 e. The number of rotatable bonds is 3. The van der Waals surface area contributed by atoms with Crippen LogP contribution in [-0.2, 0) is 4.79 Å². The highest BCUT2D eigenvalue weighted by molar-refractivity contribution is 9.10. The number of piperidine rings is 1. The van der Waals surface area contributed by atoms with Gasteiger partial charge in [0, 0.05) is 35.6 Å². The Morgan fingerprint density at radius 1 is 1.33 bits per heavy atom. The van der Waals surface area contributed by atoms with E-state index in [1.165, 1.54) is 0 Å². The summed E-state index contributed by atoms with van der Waals surface area (Å²) in [4.78, 5) is 30.0. The number of carbonyl (C=O) groups is 1. The van der Waals surface area contributed by atoms with Gasteiger partial charge in [0.05, 0.1) is 5.92 Å². The zero-order valence-corrected chi connectivity index (χ0v) is 14.9. The first-order valence-electron chi connectivity index (χ1n) is 7.79. The Kier molecular flexibility index (Phi) is 4.71. The molecule has 0 bridgehead atoms. The SMILES string of the molecule is Cc1cc(-n2ccnc(N3CCC(C(=O)O)CC3)c2=O)ccc1Br. The average Bonchev–Trinajstić information content (AvgIpc) is 2.58. The van der Waals surface area contributed by atoms with E-state index < -0.39 is 5.97 Å². The zero-order chi connectivity index (χ0) is 17.3. The molecule has 0 unspecified atom stereocenters. The van der Waals surface area contributed by atoms with Gasteiger partial charge in [-0.25, -0.2) is 4.98 Å². The van der Waals surface area contributed by atoms with Gasteiger partial charge in [0.2, 0.25) is 0 Å². The van der Waals surface area contributed by atoms with Crippen LogP contribution in [0.4, 0.5) is 5.82 Å². The van der Waals surface area contributed by atoms with Crippen molar-refractivity contribution in [1.29, 1.82) is 0 Å². The molecule has 0 aliphatic carbocycles. The van der Waals surface area contributed by atoms with Crippen LogP contribution in [0.1, 0.15) is 18.4 Å². The van der Waals surface area contributed by atoms with Crippen LogP contribution in [0.3, 0.4) is 0 Å². The van der Waals surface area contributed by atoms with Crippen molar-refractivity contribution in [3.8, 4) is 5.69 Å². The van der Waals surface area contributed by atoms with Crippen molar-refractivity contribution < 1.29 is 9.90 Å². The molecule has 1 saturated heterocycles. The maximum absolute atomic E-state index is 12.8. The topological polar surface area (TPSA) is 75.4 Å². The minimum absolute atomic E-state index is 0.187. The van der Waals surface area contributed by atoms with E-state index in [0.29, 0.717) is 31.7 Å². The van der Waals surface area contributed by atoms with Crippen LogP contribution in [0.5, 0.6) is 0 Å². The number of carboxylic acids is 1. The van der Waals surface area contributed by atoms with Gasteiger partial charge in [-0.05, 0) is 43.5 Å². The van der Waals surface area contributed by atoms with Gasteiger partial charge in [-0.3, -0.25) is 14.2 Å². The van der Waals surface area contributed by atoms with E-state index in [1.54, 1.807) is 17.0 Å². The predicted molar refractivity (Wildman–Crippen MR) is 94.8 cm³/mol. The van der Waals surface area contributed by atoms with Crippen molar-refractivity contribution in [1.82, 2.24) is 9.55 Å². The van der Waals surface area contributed by atoms with Crippen molar-refractivity contribution in [2.75, 3.05) is 18.0 Å². The second kappa shape index (κ2) is 6.76. The molecule has 126 valence electrons. The van der Waals surface area contributed by atoms with Gasteiger partial charge in [-0.15, -0.1) is 0 Å². The van der Waals surface area contributed by atoms with E-state index in [2.05, 4.69) is 20.9 Å². The molecule has 1 fully saturated rings. The minimum Gasteiger partial charge on any atom is -0.481 e. The number of aromatic nitrogens is 2. The summed E-state index contributed by atoms with van der Waals surface area (Å²) in [5.41, 5.74) is 1.64. The molecule has 0 spiro atoms. The number of benzene rings is 1. The fourth-order valence-corrected chi connectivity index (χ4v) is 3.19. The third-order valence-electron chi connectivity index (χ3n) is 4.39. The van der Waals surface area contributed by atoms with E-state index in [9.17, 15) is 9.59 Å². The summed E-state index contributed by atoms with van der Waals surface area (Å²) in [7, 11) is 0. The zero-order valence-electron chi connectivity index (χ0n) is 13.3. The van der Waals surface area contributed by atoms with Gasteiger partial charge in [-0.1, -0.05) is 15.9 Å². The highest BCUT2D eigenvalue weighted by Crippen LogP contribution is 2.21. The number of aliphatic carboxylic acids is 1. The number of aryl methyl sites for hydroxylation is 1. The summed E-state index contributed by atoms with van der Waals surface area (Å²) in [6.45, 7) is 3.03. The van der Waals surface area contributed by atoms with Crippen molar-refractivity contribution in [2.45, 2.75) is 19.8 Å². The summed E-state index contributed by atoms with van der Waals surface area (Å²) in [6, 6.07) is 5.72. The molecule has 1 N–H and O–H groups in total. The Labute approximate surface area is 147 Å². The lowest BCUT2D eigenvalue weighted by atomic mass is 9.97. The lowest BCUT2D eigenvalue weighted by Crippen LogP contribution is -2.40. The molecule has 0 atom stereocenters. The highest BCUT2D eigenvalue weighted by Gasteiger charge is 2.26. The Hall–Kier alpha value is -2.15. The maximum atomic E-state index is 12.8. The number of hydrogen-bond acceptors (Lipinski definition) is 4. The van der Waals surface area contributed by atoms with Crippen LogP contribution in [-0.4, -0.2) is 33.7 Å². The molecule has 0 saturated carbocycles. The third kappa shape index (κ3) is 3.21.